The van der Waals surface area contributed by atoms with Gasteiger partial charge in [-0.3, -0.25) is 9.52 Å². The van der Waals surface area contributed by atoms with Crippen LogP contribution >= 0.6 is 15.9 Å². The van der Waals surface area contributed by atoms with Crippen LogP contribution in [0.4, 0.5) is 11.4 Å². The zero-order chi connectivity index (χ0) is 19.4. The van der Waals surface area contributed by atoms with Gasteiger partial charge in [-0.25, -0.2) is 8.42 Å². The number of carbonyl (C=O) groups is 1. The molecule has 3 aromatic rings. The third kappa shape index (κ3) is 4.56. The Kier molecular flexibility index (Phi) is 5.62. The molecule has 0 spiro atoms. The average molecular weight is 445 g/mol. The van der Waals surface area contributed by atoms with Gasteiger partial charge in [-0.2, -0.15) is 0 Å². The Morgan fingerprint density at radius 3 is 2.26 bits per heavy atom. The Bertz CT molecular complexity index is 1050. The van der Waals surface area contributed by atoms with Gasteiger partial charge in [-0.15, -0.1) is 0 Å². The quantitative estimate of drug-likeness (QED) is 0.628. The van der Waals surface area contributed by atoms with Crippen LogP contribution in [0.15, 0.2) is 88.2 Å². The summed E-state index contributed by atoms with van der Waals surface area (Å²) in [5.74, 6) is -0.290. The lowest BCUT2D eigenvalue weighted by atomic mass is 10.2. The molecular formula is C20H17BrN2O3S. The fourth-order valence-electron chi connectivity index (χ4n) is 2.49. The summed E-state index contributed by atoms with van der Waals surface area (Å²) in [5, 5.41) is 0. The molecule has 0 unspecified atom stereocenters. The highest BCUT2D eigenvalue weighted by Crippen LogP contribution is 2.21. The van der Waals surface area contributed by atoms with Crippen LogP contribution in [0.3, 0.4) is 0 Å². The molecule has 1 N–H and O–H groups in total. The molecule has 3 aromatic carbocycles. The van der Waals surface area contributed by atoms with Gasteiger partial charge >= 0.3 is 0 Å². The molecule has 0 aliphatic rings. The van der Waals surface area contributed by atoms with Crippen molar-refractivity contribution in [3.05, 3.63) is 88.9 Å². The minimum absolute atomic E-state index is 0.0257. The molecule has 3 rings (SSSR count). The van der Waals surface area contributed by atoms with Crippen LogP contribution in [0.1, 0.15) is 10.4 Å². The van der Waals surface area contributed by atoms with Gasteiger partial charge in [0.1, 0.15) is 0 Å². The Hall–Kier alpha value is -2.64. The molecule has 0 fully saturated rings. The Morgan fingerprint density at radius 2 is 1.59 bits per heavy atom. The molecule has 0 saturated heterocycles. The summed E-state index contributed by atoms with van der Waals surface area (Å²) in [6.07, 6.45) is 0. The first-order valence-corrected chi connectivity index (χ1v) is 10.4. The van der Waals surface area contributed by atoms with Crippen molar-refractivity contribution in [2.45, 2.75) is 4.90 Å². The Balaban J connectivity index is 1.86. The van der Waals surface area contributed by atoms with Gasteiger partial charge in [-0.1, -0.05) is 40.2 Å². The van der Waals surface area contributed by atoms with E-state index < -0.39 is 10.0 Å². The van der Waals surface area contributed by atoms with Gasteiger partial charge in [0.15, 0.2) is 0 Å². The normalized spacial score (nSPS) is 11.0. The number of para-hydroxylation sites is 1. The SMILES string of the molecule is CN(C(=O)c1cccc(S(=O)(=O)Nc2ccc(Br)cc2)c1)c1ccccc1. The number of amides is 1. The summed E-state index contributed by atoms with van der Waals surface area (Å²) in [7, 11) is -2.16. The molecule has 27 heavy (non-hydrogen) atoms. The molecule has 138 valence electrons. The van der Waals surface area contributed by atoms with Crippen molar-refractivity contribution in [3.63, 3.8) is 0 Å². The van der Waals surface area contributed by atoms with E-state index in [0.29, 0.717) is 11.3 Å². The van der Waals surface area contributed by atoms with E-state index in [1.807, 2.05) is 30.3 Å². The van der Waals surface area contributed by atoms with Crippen molar-refractivity contribution in [2.75, 3.05) is 16.7 Å². The van der Waals surface area contributed by atoms with Crippen molar-refractivity contribution in [1.82, 2.24) is 0 Å². The first-order valence-electron chi connectivity index (χ1n) is 8.08. The highest BCUT2D eigenvalue weighted by molar-refractivity contribution is 9.10. The zero-order valence-corrected chi connectivity index (χ0v) is 16.9. The topological polar surface area (TPSA) is 66.5 Å². The average Bonchev–Trinajstić information content (AvgIpc) is 2.69. The predicted molar refractivity (Wildman–Crippen MR) is 111 cm³/mol. The van der Waals surface area contributed by atoms with Crippen LogP contribution in [0.25, 0.3) is 0 Å². The largest absolute Gasteiger partial charge is 0.311 e. The number of nitrogens with zero attached hydrogens (tertiary/aromatic N) is 1. The molecule has 0 radical (unpaired) electrons. The number of carbonyl (C=O) groups excluding carboxylic acids is 1. The standard InChI is InChI=1S/C20H17BrN2O3S/c1-23(18-7-3-2-4-8-18)20(24)15-6-5-9-19(14-15)27(25,26)22-17-12-10-16(21)11-13-17/h2-14,22H,1H3. The number of anilines is 2. The van der Waals surface area contributed by atoms with E-state index in [1.54, 1.807) is 43.4 Å². The van der Waals surface area contributed by atoms with Crippen molar-refractivity contribution in [1.29, 1.82) is 0 Å². The van der Waals surface area contributed by atoms with E-state index in [-0.39, 0.29) is 10.8 Å². The maximum atomic E-state index is 12.7. The van der Waals surface area contributed by atoms with E-state index in [4.69, 9.17) is 0 Å². The van der Waals surface area contributed by atoms with E-state index in [2.05, 4.69) is 20.7 Å². The fraction of sp³-hybridized carbons (Fsp3) is 0.0500. The van der Waals surface area contributed by atoms with Crippen LogP contribution in [-0.2, 0) is 10.0 Å². The van der Waals surface area contributed by atoms with Gasteiger partial charge in [-0.05, 0) is 54.6 Å². The molecule has 7 heteroatoms. The van der Waals surface area contributed by atoms with E-state index in [1.165, 1.54) is 17.0 Å². The van der Waals surface area contributed by atoms with Gasteiger partial charge in [0.05, 0.1) is 4.90 Å². The monoisotopic (exact) mass is 444 g/mol. The Morgan fingerprint density at radius 1 is 0.926 bits per heavy atom. The summed E-state index contributed by atoms with van der Waals surface area (Å²) < 4.78 is 28.7. The summed E-state index contributed by atoms with van der Waals surface area (Å²) in [4.78, 5) is 14.2. The highest BCUT2D eigenvalue weighted by atomic mass is 79.9. The van der Waals surface area contributed by atoms with E-state index in [0.717, 1.165) is 10.2 Å². The van der Waals surface area contributed by atoms with Gasteiger partial charge in [0.25, 0.3) is 15.9 Å². The molecule has 0 aromatic heterocycles. The summed E-state index contributed by atoms with van der Waals surface area (Å²) in [5.41, 5.74) is 1.46. The summed E-state index contributed by atoms with van der Waals surface area (Å²) in [6.45, 7) is 0. The van der Waals surface area contributed by atoms with Gasteiger partial charge in [0, 0.05) is 28.5 Å². The second-order valence-electron chi connectivity index (χ2n) is 5.84. The van der Waals surface area contributed by atoms with E-state index >= 15 is 0 Å². The molecular weight excluding hydrogens is 428 g/mol. The zero-order valence-electron chi connectivity index (χ0n) is 14.5. The van der Waals surface area contributed by atoms with Gasteiger partial charge < -0.3 is 4.90 Å². The number of sulfonamides is 1. The molecule has 0 aliphatic heterocycles. The predicted octanol–water partition coefficient (Wildman–Crippen LogP) is 4.53. The minimum atomic E-state index is -3.81. The number of rotatable bonds is 5. The highest BCUT2D eigenvalue weighted by Gasteiger charge is 2.19. The molecule has 0 saturated carbocycles. The van der Waals surface area contributed by atoms with Crippen LogP contribution < -0.4 is 9.62 Å². The number of hydrogen-bond donors (Lipinski definition) is 1. The third-order valence-electron chi connectivity index (χ3n) is 3.94. The molecule has 0 heterocycles. The lowest BCUT2D eigenvalue weighted by Crippen LogP contribution is -2.26. The van der Waals surface area contributed by atoms with Gasteiger partial charge in [0.2, 0.25) is 0 Å². The summed E-state index contributed by atoms with van der Waals surface area (Å²) >= 11 is 3.31. The Labute approximate surface area is 166 Å². The maximum absolute atomic E-state index is 12.7. The maximum Gasteiger partial charge on any atom is 0.261 e. The minimum Gasteiger partial charge on any atom is -0.311 e. The second-order valence-corrected chi connectivity index (χ2v) is 8.44. The van der Waals surface area contributed by atoms with Crippen LogP contribution in [0, 0.1) is 0 Å². The summed E-state index contributed by atoms with van der Waals surface area (Å²) in [6, 6.07) is 21.9. The third-order valence-corrected chi connectivity index (χ3v) is 5.84. The fourth-order valence-corrected chi connectivity index (χ4v) is 3.86. The molecule has 5 nitrogen and oxygen atoms in total. The van der Waals surface area contributed by atoms with Crippen molar-refractivity contribution < 1.29 is 13.2 Å². The molecule has 0 aliphatic carbocycles. The second kappa shape index (κ2) is 7.94. The molecule has 1 amide bonds. The smallest absolute Gasteiger partial charge is 0.261 e. The van der Waals surface area contributed by atoms with Crippen molar-refractivity contribution >= 4 is 43.2 Å². The lowest BCUT2D eigenvalue weighted by molar-refractivity contribution is 0.0993. The number of hydrogen-bond acceptors (Lipinski definition) is 3. The lowest BCUT2D eigenvalue weighted by Gasteiger charge is -2.17. The van der Waals surface area contributed by atoms with Crippen LogP contribution in [-0.4, -0.2) is 21.4 Å². The first kappa shape index (κ1) is 19.1. The number of nitrogens with one attached hydrogen (secondary N) is 1. The number of halogens is 1. The van der Waals surface area contributed by atoms with Crippen LogP contribution in [0.5, 0.6) is 0 Å². The first-order chi connectivity index (χ1) is 12.9. The van der Waals surface area contributed by atoms with Crippen molar-refractivity contribution in [3.8, 4) is 0 Å². The molecule has 0 atom stereocenters. The van der Waals surface area contributed by atoms with Crippen molar-refractivity contribution in [2.24, 2.45) is 0 Å². The number of benzene rings is 3. The van der Waals surface area contributed by atoms with E-state index in [9.17, 15) is 13.2 Å². The van der Waals surface area contributed by atoms with Crippen LogP contribution in [0.2, 0.25) is 0 Å². The molecule has 0 bridgehead atoms.